The molecule has 20 heavy (non-hydrogen) atoms. The van der Waals surface area contributed by atoms with Crippen LogP contribution in [0.5, 0.6) is 0 Å². The van der Waals surface area contributed by atoms with E-state index < -0.39 is 0 Å². The second kappa shape index (κ2) is 7.84. The Bertz CT molecular complexity index is 462. The van der Waals surface area contributed by atoms with Crippen LogP contribution in [0.25, 0.3) is 0 Å². The highest BCUT2D eigenvalue weighted by molar-refractivity contribution is 6.35. The van der Waals surface area contributed by atoms with Gasteiger partial charge >= 0.3 is 0 Å². The number of morpholine rings is 1. The van der Waals surface area contributed by atoms with E-state index in [0.29, 0.717) is 55.9 Å². The van der Waals surface area contributed by atoms with Crippen LogP contribution in [-0.2, 0) is 16.1 Å². The molecule has 0 aromatic heterocycles. The Labute approximate surface area is 129 Å². The third-order valence-corrected chi connectivity index (χ3v) is 3.80. The highest BCUT2D eigenvalue weighted by Gasteiger charge is 2.15. The largest absolute Gasteiger partial charge is 0.378 e. The number of rotatable bonds is 5. The number of benzene rings is 1. The number of hydrogen-bond donors (Lipinski definition) is 1. The molecule has 0 spiro atoms. The number of nitrogens with zero attached hydrogens (tertiary/aromatic N) is 1. The molecule has 1 saturated heterocycles. The molecule has 2 rings (SSSR count). The van der Waals surface area contributed by atoms with Crippen molar-refractivity contribution >= 4 is 29.1 Å². The number of amides is 1. The zero-order chi connectivity index (χ0) is 14.4. The first-order valence-corrected chi connectivity index (χ1v) is 7.42. The smallest absolute Gasteiger partial charge is 0.224 e. The van der Waals surface area contributed by atoms with Crippen LogP contribution in [-0.4, -0.2) is 43.7 Å². The maximum atomic E-state index is 11.9. The topological polar surface area (TPSA) is 41.6 Å². The molecule has 1 aliphatic rings. The Morgan fingerprint density at radius 3 is 2.75 bits per heavy atom. The molecule has 1 aromatic carbocycles. The average molecular weight is 317 g/mol. The summed E-state index contributed by atoms with van der Waals surface area (Å²) in [7, 11) is 0. The molecule has 4 nitrogen and oxygen atoms in total. The summed E-state index contributed by atoms with van der Waals surface area (Å²) in [6.45, 7) is 3.93. The van der Waals surface area contributed by atoms with E-state index in [4.69, 9.17) is 27.9 Å². The predicted molar refractivity (Wildman–Crippen MR) is 80.2 cm³/mol. The van der Waals surface area contributed by atoms with E-state index in [1.165, 1.54) is 0 Å². The van der Waals surface area contributed by atoms with Gasteiger partial charge in [-0.1, -0.05) is 29.3 Å². The van der Waals surface area contributed by atoms with E-state index in [2.05, 4.69) is 5.32 Å². The lowest BCUT2D eigenvalue weighted by Crippen LogP contribution is -2.41. The van der Waals surface area contributed by atoms with E-state index in [1.807, 2.05) is 17.0 Å². The van der Waals surface area contributed by atoms with Crippen molar-refractivity contribution in [2.45, 2.75) is 13.0 Å². The van der Waals surface area contributed by atoms with Gasteiger partial charge in [0.1, 0.15) is 0 Å². The van der Waals surface area contributed by atoms with Crippen LogP contribution in [0.1, 0.15) is 12.0 Å². The second-order valence-electron chi connectivity index (χ2n) is 4.66. The fourth-order valence-electron chi connectivity index (χ4n) is 2.05. The van der Waals surface area contributed by atoms with Gasteiger partial charge in [0, 0.05) is 42.6 Å². The quantitative estimate of drug-likeness (QED) is 0.848. The summed E-state index contributed by atoms with van der Waals surface area (Å²) in [6, 6.07) is 5.42. The summed E-state index contributed by atoms with van der Waals surface area (Å²) in [6.07, 6.45) is 0.491. The Morgan fingerprint density at radius 2 is 2.05 bits per heavy atom. The molecule has 0 bridgehead atoms. The maximum absolute atomic E-state index is 11.9. The Morgan fingerprint density at radius 1 is 1.30 bits per heavy atom. The molecule has 0 radical (unpaired) electrons. The normalized spacial score (nSPS) is 15.4. The molecule has 6 heteroatoms. The molecule has 0 aliphatic carbocycles. The number of carbonyl (C=O) groups excluding carboxylic acids is 1. The first-order chi connectivity index (χ1) is 9.66. The monoisotopic (exact) mass is 316 g/mol. The molecule has 0 saturated carbocycles. The van der Waals surface area contributed by atoms with Crippen molar-refractivity contribution in [2.75, 3.05) is 32.8 Å². The summed E-state index contributed by atoms with van der Waals surface area (Å²) in [5, 5.41) is 4.49. The van der Waals surface area contributed by atoms with Crippen LogP contribution in [0.15, 0.2) is 18.2 Å². The van der Waals surface area contributed by atoms with Gasteiger partial charge in [-0.3, -0.25) is 4.79 Å². The minimum absolute atomic E-state index is 0.169. The number of ether oxygens (including phenoxy) is 1. The predicted octanol–water partition coefficient (Wildman–Crippen LogP) is 2.33. The van der Waals surface area contributed by atoms with E-state index in [-0.39, 0.29) is 5.91 Å². The molecular weight excluding hydrogens is 299 g/mol. The highest BCUT2D eigenvalue weighted by Crippen LogP contribution is 2.20. The van der Waals surface area contributed by atoms with Gasteiger partial charge in [-0.15, -0.1) is 0 Å². The molecule has 1 heterocycles. The lowest BCUT2D eigenvalue weighted by atomic mass is 10.2. The highest BCUT2D eigenvalue weighted by atomic mass is 35.5. The van der Waals surface area contributed by atoms with Gasteiger partial charge in [0.2, 0.25) is 5.91 Å². The number of carbonyl (C=O) groups is 1. The molecule has 1 aromatic rings. The third-order valence-electron chi connectivity index (χ3n) is 3.21. The van der Waals surface area contributed by atoms with Gasteiger partial charge in [-0.2, -0.15) is 0 Å². The second-order valence-corrected chi connectivity index (χ2v) is 5.50. The van der Waals surface area contributed by atoms with Crippen LogP contribution in [0.3, 0.4) is 0 Å². The van der Waals surface area contributed by atoms with E-state index in [0.717, 1.165) is 5.56 Å². The van der Waals surface area contributed by atoms with Gasteiger partial charge in [0.05, 0.1) is 13.2 Å². The minimum Gasteiger partial charge on any atom is -0.378 e. The van der Waals surface area contributed by atoms with Crippen LogP contribution in [0.2, 0.25) is 10.0 Å². The molecule has 110 valence electrons. The standard InChI is InChI=1S/C14H18Cl2N2O2/c15-12-2-1-11(13(16)9-12)10-17-4-3-14(19)18-5-7-20-8-6-18/h1-2,9,17H,3-8,10H2. The average Bonchev–Trinajstić information content (AvgIpc) is 2.46. The SMILES string of the molecule is O=C(CCNCc1ccc(Cl)cc1Cl)N1CCOCC1. The molecular formula is C14H18Cl2N2O2. The molecule has 1 N–H and O–H groups in total. The van der Waals surface area contributed by atoms with Crippen LogP contribution < -0.4 is 5.32 Å². The summed E-state index contributed by atoms with van der Waals surface area (Å²) < 4.78 is 5.22. The fraction of sp³-hybridized carbons (Fsp3) is 0.500. The van der Waals surface area contributed by atoms with E-state index in [9.17, 15) is 4.79 Å². The van der Waals surface area contributed by atoms with Gasteiger partial charge in [-0.05, 0) is 17.7 Å². The summed E-state index contributed by atoms with van der Waals surface area (Å²) >= 11 is 11.9. The lowest BCUT2D eigenvalue weighted by Gasteiger charge is -2.26. The van der Waals surface area contributed by atoms with E-state index >= 15 is 0 Å². The van der Waals surface area contributed by atoms with Crippen LogP contribution in [0.4, 0.5) is 0 Å². The molecule has 1 fully saturated rings. The van der Waals surface area contributed by atoms with Crippen molar-refractivity contribution in [3.8, 4) is 0 Å². The Kier molecular flexibility index (Phi) is 6.10. The zero-order valence-electron chi connectivity index (χ0n) is 11.2. The van der Waals surface area contributed by atoms with Crippen molar-refractivity contribution < 1.29 is 9.53 Å². The number of halogens is 2. The van der Waals surface area contributed by atoms with Crippen molar-refractivity contribution in [1.82, 2.24) is 10.2 Å². The zero-order valence-corrected chi connectivity index (χ0v) is 12.7. The molecule has 0 unspecified atom stereocenters. The Balaban J connectivity index is 1.69. The summed E-state index contributed by atoms with van der Waals surface area (Å²) in [4.78, 5) is 13.8. The van der Waals surface area contributed by atoms with Gasteiger partial charge in [0.15, 0.2) is 0 Å². The first kappa shape index (κ1) is 15.6. The Hall–Kier alpha value is -0.810. The van der Waals surface area contributed by atoms with Gasteiger partial charge in [-0.25, -0.2) is 0 Å². The lowest BCUT2D eigenvalue weighted by molar-refractivity contribution is -0.135. The van der Waals surface area contributed by atoms with Gasteiger partial charge in [0.25, 0.3) is 0 Å². The van der Waals surface area contributed by atoms with Crippen molar-refractivity contribution in [1.29, 1.82) is 0 Å². The van der Waals surface area contributed by atoms with Crippen LogP contribution in [0, 0.1) is 0 Å². The third kappa shape index (κ3) is 4.63. The van der Waals surface area contributed by atoms with Crippen molar-refractivity contribution in [3.05, 3.63) is 33.8 Å². The van der Waals surface area contributed by atoms with Gasteiger partial charge < -0.3 is 15.0 Å². The van der Waals surface area contributed by atoms with Crippen LogP contribution >= 0.6 is 23.2 Å². The fourth-order valence-corrected chi connectivity index (χ4v) is 2.53. The first-order valence-electron chi connectivity index (χ1n) is 6.67. The summed E-state index contributed by atoms with van der Waals surface area (Å²) in [5.74, 6) is 0.169. The van der Waals surface area contributed by atoms with E-state index in [1.54, 1.807) is 6.07 Å². The van der Waals surface area contributed by atoms with Crippen molar-refractivity contribution in [3.63, 3.8) is 0 Å². The number of hydrogen-bond acceptors (Lipinski definition) is 3. The molecule has 0 atom stereocenters. The maximum Gasteiger partial charge on any atom is 0.224 e. The molecule has 1 aliphatic heterocycles. The summed E-state index contributed by atoms with van der Waals surface area (Å²) in [5.41, 5.74) is 0.981. The van der Waals surface area contributed by atoms with Crippen molar-refractivity contribution in [2.24, 2.45) is 0 Å². The molecule has 1 amide bonds. The number of nitrogens with one attached hydrogen (secondary N) is 1. The minimum atomic E-state index is 0.169.